The van der Waals surface area contributed by atoms with E-state index in [0.29, 0.717) is 0 Å². The normalized spacial score (nSPS) is 40.7. The SMILES string of the molecule is CC1CC1CNC1CCCC1S(C)(=O)=O. The summed E-state index contributed by atoms with van der Waals surface area (Å²) in [7, 11) is -2.86. The van der Waals surface area contributed by atoms with E-state index in [1.54, 1.807) is 0 Å². The van der Waals surface area contributed by atoms with E-state index in [9.17, 15) is 8.42 Å². The zero-order valence-corrected chi connectivity index (χ0v) is 10.4. The summed E-state index contributed by atoms with van der Waals surface area (Å²) in [5, 5.41) is 3.32. The second-order valence-corrected chi connectivity index (χ2v) is 7.55. The fourth-order valence-electron chi connectivity index (χ4n) is 2.66. The summed E-state index contributed by atoms with van der Waals surface area (Å²) in [6.45, 7) is 3.27. The van der Waals surface area contributed by atoms with Crippen LogP contribution in [0.3, 0.4) is 0 Å². The molecule has 2 aliphatic rings. The molecular formula is C11H21NO2S. The van der Waals surface area contributed by atoms with E-state index in [2.05, 4.69) is 12.2 Å². The minimum atomic E-state index is -2.86. The van der Waals surface area contributed by atoms with Crippen LogP contribution < -0.4 is 5.32 Å². The van der Waals surface area contributed by atoms with Crippen LogP contribution in [0.15, 0.2) is 0 Å². The van der Waals surface area contributed by atoms with Gasteiger partial charge in [0.2, 0.25) is 0 Å². The zero-order chi connectivity index (χ0) is 11.1. The van der Waals surface area contributed by atoms with Crippen molar-refractivity contribution in [2.45, 2.75) is 43.9 Å². The van der Waals surface area contributed by atoms with Gasteiger partial charge in [0.05, 0.1) is 5.25 Å². The Labute approximate surface area is 92.6 Å². The molecule has 0 heterocycles. The molecule has 0 spiro atoms. The second-order valence-electron chi connectivity index (χ2n) is 5.29. The lowest BCUT2D eigenvalue weighted by Crippen LogP contribution is -2.40. The molecule has 0 aromatic heterocycles. The Bertz CT molecular complexity index is 325. The first-order valence-electron chi connectivity index (χ1n) is 5.90. The second kappa shape index (κ2) is 4.06. The van der Waals surface area contributed by atoms with Crippen LogP contribution in [-0.4, -0.2) is 32.5 Å². The molecular weight excluding hydrogens is 210 g/mol. The predicted molar refractivity (Wildman–Crippen MR) is 61.5 cm³/mol. The standard InChI is InChI=1S/C11H21NO2S/c1-8-6-9(8)7-12-10-4-3-5-11(10)15(2,13)14/h8-12H,3-7H2,1-2H3. The van der Waals surface area contributed by atoms with E-state index in [-0.39, 0.29) is 11.3 Å². The Balaban J connectivity index is 1.85. The Kier molecular flexibility index (Phi) is 3.08. The molecule has 2 aliphatic carbocycles. The molecule has 1 N–H and O–H groups in total. The fraction of sp³-hybridized carbons (Fsp3) is 1.00. The number of hydrogen-bond acceptors (Lipinski definition) is 3. The molecule has 0 saturated heterocycles. The van der Waals surface area contributed by atoms with Crippen LogP contribution in [0.5, 0.6) is 0 Å². The van der Waals surface area contributed by atoms with Crippen LogP contribution in [0.2, 0.25) is 0 Å². The molecule has 0 radical (unpaired) electrons. The third kappa shape index (κ3) is 2.72. The summed E-state index contributed by atoms with van der Waals surface area (Å²) >= 11 is 0. The third-order valence-electron chi connectivity index (χ3n) is 3.92. The molecule has 3 nitrogen and oxygen atoms in total. The highest BCUT2D eigenvalue weighted by atomic mass is 32.2. The Morgan fingerprint density at radius 2 is 2.00 bits per heavy atom. The lowest BCUT2D eigenvalue weighted by Gasteiger charge is -2.19. The lowest BCUT2D eigenvalue weighted by atomic mass is 10.2. The molecule has 15 heavy (non-hydrogen) atoms. The topological polar surface area (TPSA) is 46.2 Å². The largest absolute Gasteiger partial charge is 0.312 e. The molecule has 2 fully saturated rings. The molecule has 2 saturated carbocycles. The maximum atomic E-state index is 11.5. The van der Waals surface area contributed by atoms with Crippen molar-refractivity contribution in [3.63, 3.8) is 0 Å². The molecule has 4 atom stereocenters. The van der Waals surface area contributed by atoms with Crippen molar-refractivity contribution in [1.29, 1.82) is 0 Å². The number of sulfone groups is 1. The van der Waals surface area contributed by atoms with Crippen molar-refractivity contribution in [3.8, 4) is 0 Å². The minimum absolute atomic E-state index is 0.133. The maximum Gasteiger partial charge on any atom is 0.151 e. The van der Waals surface area contributed by atoms with Gasteiger partial charge in [-0.05, 0) is 37.6 Å². The smallest absolute Gasteiger partial charge is 0.151 e. The summed E-state index contributed by atoms with van der Waals surface area (Å²) in [6, 6.07) is 0.216. The van der Waals surface area contributed by atoms with E-state index >= 15 is 0 Å². The molecule has 2 rings (SSSR count). The van der Waals surface area contributed by atoms with Crippen LogP contribution >= 0.6 is 0 Å². The number of nitrogens with one attached hydrogen (secondary N) is 1. The highest BCUT2D eigenvalue weighted by Crippen LogP contribution is 2.37. The predicted octanol–water partition coefficient (Wildman–Crippen LogP) is 1.20. The van der Waals surface area contributed by atoms with Crippen molar-refractivity contribution in [3.05, 3.63) is 0 Å². The van der Waals surface area contributed by atoms with E-state index in [4.69, 9.17) is 0 Å². The minimum Gasteiger partial charge on any atom is -0.312 e. The van der Waals surface area contributed by atoms with E-state index in [1.807, 2.05) is 0 Å². The van der Waals surface area contributed by atoms with E-state index in [1.165, 1.54) is 12.7 Å². The first-order valence-corrected chi connectivity index (χ1v) is 7.86. The third-order valence-corrected chi connectivity index (χ3v) is 5.58. The van der Waals surface area contributed by atoms with Gasteiger partial charge < -0.3 is 5.32 Å². The van der Waals surface area contributed by atoms with Crippen LogP contribution in [0, 0.1) is 11.8 Å². The lowest BCUT2D eigenvalue weighted by molar-refractivity contribution is 0.488. The van der Waals surface area contributed by atoms with Crippen molar-refractivity contribution >= 4 is 9.84 Å². The van der Waals surface area contributed by atoms with Gasteiger partial charge in [0.15, 0.2) is 9.84 Å². The maximum absolute atomic E-state index is 11.5. The summed E-state index contributed by atoms with van der Waals surface area (Å²) < 4.78 is 23.1. The van der Waals surface area contributed by atoms with Gasteiger partial charge in [-0.1, -0.05) is 13.3 Å². The first-order chi connectivity index (χ1) is 6.98. The van der Waals surface area contributed by atoms with Crippen molar-refractivity contribution in [1.82, 2.24) is 5.32 Å². The monoisotopic (exact) mass is 231 g/mol. The van der Waals surface area contributed by atoms with Crippen LogP contribution in [0.1, 0.15) is 32.6 Å². The zero-order valence-electron chi connectivity index (χ0n) is 9.57. The quantitative estimate of drug-likeness (QED) is 0.791. The fourth-order valence-corrected chi connectivity index (χ4v) is 4.08. The molecule has 0 bridgehead atoms. The summed E-state index contributed by atoms with van der Waals surface area (Å²) in [4.78, 5) is 0. The molecule has 4 unspecified atom stereocenters. The van der Waals surface area contributed by atoms with Crippen molar-refractivity contribution in [2.75, 3.05) is 12.8 Å². The molecule has 0 aromatic carbocycles. The van der Waals surface area contributed by atoms with Crippen molar-refractivity contribution < 1.29 is 8.42 Å². The van der Waals surface area contributed by atoms with Gasteiger partial charge in [0.25, 0.3) is 0 Å². The van der Waals surface area contributed by atoms with Gasteiger partial charge in [0.1, 0.15) is 0 Å². The van der Waals surface area contributed by atoms with Gasteiger partial charge in [0, 0.05) is 12.3 Å². The highest BCUT2D eigenvalue weighted by Gasteiger charge is 2.37. The van der Waals surface area contributed by atoms with Gasteiger partial charge >= 0.3 is 0 Å². The Hall–Kier alpha value is -0.0900. The molecule has 0 amide bonds. The Morgan fingerprint density at radius 1 is 1.33 bits per heavy atom. The summed E-state index contributed by atoms with van der Waals surface area (Å²) in [6.07, 6.45) is 5.60. The van der Waals surface area contributed by atoms with Gasteiger partial charge in [-0.25, -0.2) is 8.42 Å². The van der Waals surface area contributed by atoms with Gasteiger partial charge in [-0.2, -0.15) is 0 Å². The molecule has 88 valence electrons. The van der Waals surface area contributed by atoms with Gasteiger partial charge in [-0.3, -0.25) is 0 Å². The summed E-state index contributed by atoms with van der Waals surface area (Å²) in [5.74, 6) is 1.64. The summed E-state index contributed by atoms with van der Waals surface area (Å²) in [5.41, 5.74) is 0. The number of hydrogen-bond donors (Lipinski definition) is 1. The molecule has 0 aromatic rings. The van der Waals surface area contributed by atoms with Gasteiger partial charge in [-0.15, -0.1) is 0 Å². The van der Waals surface area contributed by atoms with Crippen LogP contribution in [0.25, 0.3) is 0 Å². The Morgan fingerprint density at radius 3 is 2.53 bits per heavy atom. The first kappa shape index (κ1) is 11.4. The highest BCUT2D eigenvalue weighted by molar-refractivity contribution is 7.91. The molecule has 0 aliphatic heterocycles. The average Bonchev–Trinajstić information content (AvgIpc) is 2.66. The van der Waals surface area contributed by atoms with Crippen LogP contribution in [-0.2, 0) is 9.84 Å². The van der Waals surface area contributed by atoms with Crippen molar-refractivity contribution in [2.24, 2.45) is 11.8 Å². The molecule has 4 heteroatoms. The average molecular weight is 231 g/mol. The van der Waals surface area contributed by atoms with E-state index < -0.39 is 9.84 Å². The van der Waals surface area contributed by atoms with Crippen LogP contribution in [0.4, 0.5) is 0 Å². The van der Waals surface area contributed by atoms with E-state index in [0.717, 1.165) is 37.6 Å². The number of rotatable bonds is 4.